The lowest BCUT2D eigenvalue weighted by Crippen LogP contribution is -2.11. The number of halogens is 1. The van der Waals surface area contributed by atoms with Gasteiger partial charge in [-0.05, 0) is 84.1 Å². The maximum absolute atomic E-state index is 14.8. The summed E-state index contributed by atoms with van der Waals surface area (Å²) in [7, 11) is 0. The van der Waals surface area contributed by atoms with Gasteiger partial charge in [0.25, 0.3) is 0 Å². The molecule has 0 aromatic heterocycles. The van der Waals surface area contributed by atoms with Crippen LogP contribution in [-0.4, -0.2) is 0 Å². The van der Waals surface area contributed by atoms with Crippen molar-refractivity contribution in [2.75, 3.05) is 0 Å². The third-order valence-electron chi connectivity index (χ3n) is 6.47. The molecule has 1 aliphatic rings. The molecule has 0 N–H and O–H groups in total. The van der Waals surface area contributed by atoms with Crippen LogP contribution in [0.5, 0.6) is 0 Å². The van der Waals surface area contributed by atoms with Gasteiger partial charge < -0.3 is 0 Å². The first-order valence-corrected chi connectivity index (χ1v) is 10.7. The van der Waals surface area contributed by atoms with E-state index < -0.39 is 0 Å². The van der Waals surface area contributed by atoms with E-state index >= 15 is 0 Å². The Kier molecular flexibility index (Phi) is 5.94. The molecular weight excluding hydrogens is 355 g/mol. The molecule has 0 unspecified atom stereocenters. The zero-order chi connectivity index (χ0) is 20.2. The van der Waals surface area contributed by atoms with Crippen LogP contribution in [-0.2, 0) is 6.42 Å². The minimum Gasteiger partial charge on any atom is -0.206 e. The maximum atomic E-state index is 14.8. The Balaban J connectivity index is 1.55. The Morgan fingerprint density at radius 2 is 1.59 bits per heavy atom. The van der Waals surface area contributed by atoms with Gasteiger partial charge in [-0.25, -0.2) is 4.39 Å². The molecule has 148 valence electrons. The van der Waals surface area contributed by atoms with Crippen LogP contribution in [0.3, 0.4) is 0 Å². The van der Waals surface area contributed by atoms with Gasteiger partial charge in [0.2, 0.25) is 0 Å². The summed E-state index contributed by atoms with van der Waals surface area (Å²) < 4.78 is 14.8. The Hall–Kier alpha value is -2.67. The summed E-state index contributed by atoms with van der Waals surface area (Å²) in [6.07, 6.45) is 10.4. The molecule has 0 amide bonds. The van der Waals surface area contributed by atoms with Gasteiger partial charge >= 0.3 is 0 Å². The number of rotatable bonds is 6. The van der Waals surface area contributed by atoms with Crippen molar-refractivity contribution < 1.29 is 4.39 Å². The standard InChI is InChI=1S/C28H29F/c1-3-5-6-24-15-16-26-19-25(17-18-27(26)28(24)29)23-13-11-22(12-14-23)21-9-7-20(4-2)8-10-21/h3-4,11-21H,1-2,5-10H2. The molecule has 0 saturated heterocycles. The van der Waals surface area contributed by atoms with Crippen LogP contribution in [0, 0.1) is 11.7 Å². The summed E-state index contributed by atoms with van der Waals surface area (Å²) in [6.45, 7) is 7.67. The molecule has 1 aliphatic carbocycles. The predicted octanol–water partition coefficient (Wildman–Crippen LogP) is 8.22. The van der Waals surface area contributed by atoms with E-state index in [0.29, 0.717) is 23.6 Å². The lowest BCUT2D eigenvalue weighted by Gasteiger charge is -2.27. The van der Waals surface area contributed by atoms with Crippen molar-refractivity contribution in [1.29, 1.82) is 0 Å². The largest absolute Gasteiger partial charge is 0.206 e. The van der Waals surface area contributed by atoms with Crippen LogP contribution in [0.4, 0.5) is 4.39 Å². The molecule has 1 fully saturated rings. The van der Waals surface area contributed by atoms with Crippen molar-refractivity contribution in [1.82, 2.24) is 0 Å². The van der Waals surface area contributed by atoms with E-state index in [1.165, 1.54) is 36.8 Å². The first-order chi connectivity index (χ1) is 14.2. The van der Waals surface area contributed by atoms with Gasteiger partial charge in [0.15, 0.2) is 0 Å². The first-order valence-electron chi connectivity index (χ1n) is 10.7. The molecule has 1 saturated carbocycles. The monoisotopic (exact) mass is 384 g/mol. The molecule has 0 bridgehead atoms. The van der Waals surface area contributed by atoms with E-state index in [2.05, 4.69) is 49.6 Å². The van der Waals surface area contributed by atoms with Gasteiger partial charge in [-0.2, -0.15) is 0 Å². The first kappa shape index (κ1) is 19.6. The van der Waals surface area contributed by atoms with Crippen LogP contribution < -0.4 is 0 Å². The molecule has 1 heteroatoms. The van der Waals surface area contributed by atoms with Crippen molar-refractivity contribution in [3.63, 3.8) is 0 Å². The Morgan fingerprint density at radius 3 is 2.28 bits per heavy atom. The lowest BCUT2D eigenvalue weighted by atomic mass is 9.78. The minimum atomic E-state index is -0.0959. The topological polar surface area (TPSA) is 0 Å². The Labute approximate surface area is 173 Å². The number of hydrogen-bond acceptors (Lipinski definition) is 0. The summed E-state index contributed by atoms with van der Waals surface area (Å²) in [5.74, 6) is 1.27. The van der Waals surface area contributed by atoms with E-state index in [0.717, 1.165) is 22.9 Å². The van der Waals surface area contributed by atoms with E-state index in [4.69, 9.17) is 0 Å². The number of aryl methyl sites for hydroxylation is 1. The highest BCUT2D eigenvalue weighted by atomic mass is 19.1. The summed E-state index contributed by atoms with van der Waals surface area (Å²) in [6, 6.07) is 19.0. The average molecular weight is 385 g/mol. The SMILES string of the molecule is C=CCCc1ccc2cc(-c3ccc(C4CCC(C=C)CC4)cc3)ccc2c1F. The van der Waals surface area contributed by atoms with Crippen LogP contribution in [0.15, 0.2) is 79.9 Å². The molecule has 3 aromatic rings. The number of hydrogen-bond donors (Lipinski definition) is 0. The number of allylic oxidation sites excluding steroid dienone is 2. The molecule has 4 rings (SSSR count). The fraction of sp³-hybridized carbons (Fsp3) is 0.286. The van der Waals surface area contributed by atoms with Crippen LogP contribution in [0.2, 0.25) is 0 Å². The van der Waals surface area contributed by atoms with E-state index in [1.807, 2.05) is 30.3 Å². The molecule has 0 aliphatic heterocycles. The second kappa shape index (κ2) is 8.78. The maximum Gasteiger partial charge on any atom is 0.134 e. The smallest absolute Gasteiger partial charge is 0.134 e. The molecule has 0 atom stereocenters. The molecule has 0 nitrogen and oxygen atoms in total. The van der Waals surface area contributed by atoms with Crippen molar-refractivity contribution in [3.05, 3.63) is 96.9 Å². The summed E-state index contributed by atoms with van der Waals surface area (Å²) in [5, 5.41) is 1.65. The second-order valence-electron chi connectivity index (χ2n) is 8.27. The fourth-order valence-electron chi connectivity index (χ4n) is 4.60. The quantitative estimate of drug-likeness (QED) is 0.375. The minimum absolute atomic E-state index is 0.0959. The molecule has 0 spiro atoms. The van der Waals surface area contributed by atoms with Gasteiger partial charge in [-0.3, -0.25) is 0 Å². The normalized spacial score (nSPS) is 19.2. The molecule has 0 radical (unpaired) electrons. The van der Waals surface area contributed by atoms with Gasteiger partial charge in [0, 0.05) is 5.39 Å². The van der Waals surface area contributed by atoms with Gasteiger partial charge in [-0.15, -0.1) is 13.2 Å². The highest BCUT2D eigenvalue weighted by Crippen LogP contribution is 2.37. The van der Waals surface area contributed by atoms with Crippen molar-refractivity contribution in [3.8, 4) is 11.1 Å². The summed E-state index contributed by atoms with van der Waals surface area (Å²) in [5.41, 5.74) is 4.53. The van der Waals surface area contributed by atoms with E-state index in [-0.39, 0.29) is 5.82 Å². The van der Waals surface area contributed by atoms with Crippen LogP contribution in [0.25, 0.3) is 21.9 Å². The van der Waals surface area contributed by atoms with E-state index in [1.54, 1.807) is 0 Å². The lowest BCUT2D eigenvalue weighted by molar-refractivity contribution is 0.376. The zero-order valence-corrected chi connectivity index (χ0v) is 17.0. The van der Waals surface area contributed by atoms with Crippen molar-refractivity contribution in [2.24, 2.45) is 5.92 Å². The predicted molar refractivity (Wildman–Crippen MR) is 123 cm³/mol. The van der Waals surface area contributed by atoms with Gasteiger partial charge in [0.1, 0.15) is 5.82 Å². The van der Waals surface area contributed by atoms with Gasteiger partial charge in [0.05, 0.1) is 0 Å². The average Bonchev–Trinajstić information content (AvgIpc) is 2.78. The third-order valence-corrected chi connectivity index (χ3v) is 6.47. The zero-order valence-electron chi connectivity index (χ0n) is 17.0. The van der Waals surface area contributed by atoms with Crippen molar-refractivity contribution >= 4 is 10.8 Å². The Bertz CT molecular complexity index is 1000. The second-order valence-corrected chi connectivity index (χ2v) is 8.27. The molecule has 29 heavy (non-hydrogen) atoms. The Morgan fingerprint density at radius 1 is 0.862 bits per heavy atom. The highest BCUT2D eigenvalue weighted by Gasteiger charge is 2.20. The van der Waals surface area contributed by atoms with Gasteiger partial charge in [-0.1, -0.05) is 60.7 Å². The van der Waals surface area contributed by atoms with E-state index in [9.17, 15) is 4.39 Å². The third kappa shape index (κ3) is 4.19. The number of fused-ring (bicyclic) bond motifs is 1. The molecule has 3 aromatic carbocycles. The summed E-state index contributed by atoms with van der Waals surface area (Å²) in [4.78, 5) is 0. The van der Waals surface area contributed by atoms with Crippen molar-refractivity contribution in [2.45, 2.75) is 44.4 Å². The highest BCUT2D eigenvalue weighted by molar-refractivity contribution is 5.88. The fourth-order valence-corrected chi connectivity index (χ4v) is 4.60. The molecule has 0 heterocycles. The van der Waals surface area contributed by atoms with Crippen LogP contribution >= 0.6 is 0 Å². The summed E-state index contributed by atoms with van der Waals surface area (Å²) >= 11 is 0. The van der Waals surface area contributed by atoms with Crippen LogP contribution in [0.1, 0.15) is 49.1 Å². The number of benzene rings is 3. The molecular formula is C28H29F.